The number of aliphatic carboxylic acids is 1. The molecule has 2 rings (SSSR count). The number of carboxylic acids is 1. The van der Waals surface area contributed by atoms with Crippen LogP contribution in [0.3, 0.4) is 0 Å². The minimum Gasteiger partial charge on any atom is -0.484 e. The molecule has 1 amide bonds. The van der Waals surface area contributed by atoms with Crippen LogP contribution >= 0.6 is 11.3 Å². The maximum atomic E-state index is 11.9. The van der Waals surface area contributed by atoms with Crippen LogP contribution in [-0.4, -0.2) is 28.6 Å². The van der Waals surface area contributed by atoms with E-state index in [0.29, 0.717) is 17.3 Å². The smallest absolute Gasteiger partial charge is 0.303 e. The fourth-order valence-electron chi connectivity index (χ4n) is 2.06. The Morgan fingerprint density at radius 2 is 2.00 bits per heavy atom. The molecule has 1 aromatic carbocycles. The molecule has 128 valence electrons. The number of carboxylic acid groups (broad SMARTS) is 1. The molecule has 2 aromatic rings. The molecule has 1 heterocycles. The van der Waals surface area contributed by atoms with E-state index in [2.05, 4.69) is 17.2 Å². The molecule has 24 heavy (non-hydrogen) atoms. The lowest BCUT2D eigenvalue weighted by atomic mass is 10.2. The van der Waals surface area contributed by atoms with E-state index in [0.717, 1.165) is 17.0 Å². The molecule has 0 bridgehead atoms. The van der Waals surface area contributed by atoms with E-state index in [1.807, 2.05) is 24.3 Å². The van der Waals surface area contributed by atoms with Crippen molar-refractivity contribution in [1.82, 2.24) is 4.98 Å². The van der Waals surface area contributed by atoms with Crippen molar-refractivity contribution in [2.24, 2.45) is 0 Å². The summed E-state index contributed by atoms with van der Waals surface area (Å²) in [6, 6.07) is 7.60. The van der Waals surface area contributed by atoms with Gasteiger partial charge in [0, 0.05) is 4.88 Å². The van der Waals surface area contributed by atoms with Crippen molar-refractivity contribution in [2.45, 2.75) is 33.1 Å². The van der Waals surface area contributed by atoms with Gasteiger partial charge < -0.3 is 9.84 Å². The first-order valence-electron chi connectivity index (χ1n) is 7.67. The third kappa shape index (κ3) is 5.34. The van der Waals surface area contributed by atoms with Crippen LogP contribution in [0.15, 0.2) is 24.3 Å². The maximum Gasteiger partial charge on any atom is 0.303 e. The Morgan fingerprint density at radius 1 is 1.29 bits per heavy atom. The topological polar surface area (TPSA) is 88.5 Å². The van der Waals surface area contributed by atoms with E-state index in [-0.39, 0.29) is 18.9 Å². The Balaban J connectivity index is 1.85. The number of anilines is 1. The first kappa shape index (κ1) is 17.9. The van der Waals surface area contributed by atoms with Gasteiger partial charge in [-0.1, -0.05) is 19.1 Å². The van der Waals surface area contributed by atoms with E-state index in [1.54, 1.807) is 6.92 Å². The van der Waals surface area contributed by atoms with Crippen molar-refractivity contribution in [3.63, 3.8) is 0 Å². The first-order valence-corrected chi connectivity index (χ1v) is 8.49. The van der Waals surface area contributed by atoms with E-state index in [4.69, 9.17) is 9.84 Å². The third-order valence-corrected chi connectivity index (χ3v) is 4.54. The lowest BCUT2D eigenvalue weighted by Gasteiger charge is -2.06. The van der Waals surface area contributed by atoms with Gasteiger partial charge in [-0.15, -0.1) is 11.3 Å². The van der Waals surface area contributed by atoms with Gasteiger partial charge in [0.2, 0.25) is 0 Å². The number of benzene rings is 1. The van der Waals surface area contributed by atoms with Crippen molar-refractivity contribution < 1.29 is 19.4 Å². The predicted octanol–water partition coefficient (Wildman–Crippen LogP) is 3.05. The largest absolute Gasteiger partial charge is 0.484 e. The van der Waals surface area contributed by atoms with Gasteiger partial charge in [0.15, 0.2) is 11.7 Å². The summed E-state index contributed by atoms with van der Waals surface area (Å²) < 4.78 is 5.44. The number of nitrogens with zero attached hydrogens (tertiary/aromatic N) is 1. The van der Waals surface area contributed by atoms with Crippen LogP contribution in [0.25, 0.3) is 0 Å². The SMILES string of the molecule is CCc1ccc(OCC(=O)Nc2nc(C)c(CCC(=O)O)s2)cc1. The molecule has 2 N–H and O–H groups in total. The highest BCUT2D eigenvalue weighted by Crippen LogP contribution is 2.24. The number of carbonyl (C=O) groups excluding carboxylic acids is 1. The second kappa shape index (κ2) is 8.44. The van der Waals surface area contributed by atoms with Gasteiger partial charge >= 0.3 is 5.97 Å². The Bertz CT molecular complexity index is 710. The molecule has 0 unspecified atom stereocenters. The minimum absolute atomic E-state index is 0.0489. The van der Waals surface area contributed by atoms with Gasteiger partial charge in [-0.25, -0.2) is 4.98 Å². The molecular weight excluding hydrogens is 328 g/mol. The first-order chi connectivity index (χ1) is 11.5. The Labute approximate surface area is 144 Å². The van der Waals surface area contributed by atoms with Gasteiger partial charge in [0.05, 0.1) is 12.1 Å². The lowest BCUT2D eigenvalue weighted by molar-refractivity contribution is -0.137. The third-order valence-electron chi connectivity index (χ3n) is 3.41. The van der Waals surface area contributed by atoms with E-state index in [9.17, 15) is 9.59 Å². The molecule has 0 saturated carbocycles. The summed E-state index contributed by atoms with van der Waals surface area (Å²) in [5.74, 6) is -0.510. The summed E-state index contributed by atoms with van der Waals surface area (Å²) in [6.45, 7) is 3.77. The van der Waals surface area contributed by atoms with Crippen molar-refractivity contribution in [2.75, 3.05) is 11.9 Å². The average molecular weight is 348 g/mol. The molecule has 1 aromatic heterocycles. The molecule has 0 aliphatic carbocycles. The number of thiazole rings is 1. The van der Waals surface area contributed by atoms with Crippen molar-refractivity contribution in [1.29, 1.82) is 0 Å². The summed E-state index contributed by atoms with van der Waals surface area (Å²) in [5, 5.41) is 11.9. The highest BCUT2D eigenvalue weighted by atomic mass is 32.1. The number of aromatic nitrogens is 1. The Kier molecular flexibility index (Phi) is 6.31. The second-order valence-corrected chi connectivity index (χ2v) is 6.34. The molecule has 0 aliphatic heterocycles. The number of nitrogens with one attached hydrogen (secondary N) is 1. The standard InChI is InChI=1S/C17H20N2O4S/c1-3-12-4-6-13(7-5-12)23-10-15(20)19-17-18-11(2)14(24-17)8-9-16(21)22/h4-7H,3,8-10H2,1-2H3,(H,21,22)(H,18,19,20). The van der Waals surface area contributed by atoms with Gasteiger partial charge in [0.1, 0.15) is 5.75 Å². The molecule has 0 aliphatic rings. The number of carbonyl (C=O) groups is 2. The van der Waals surface area contributed by atoms with Crippen molar-refractivity contribution in [3.8, 4) is 5.75 Å². The van der Waals surface area contributed by atoms with Gasteiger partial charge in [-0.2, -0.15) is 0 Å². The number of ether oxygens (including phenoxy) is 1. The lowest BCUT2D eigenvalue weighted by Crippen LogP contribution is -2.20. The molecule has 0 fully saturated rings. The summed E-state index contributed by atoms with van der Waals surface area (Å²) in [6.07, 6.45) is 1.41. The molecular formula is C17H20N2O4S. The van der Waals surface area contributed by atoms with Crippen LogP contribution in [0.4, 0.5) is 5.13 Å². The average Bonchev–Trinajstić information content (AvgIpc) is 2.91. The number of hydrogen-bond donors (Lipinski definition) is 2. The normalized spacial score (nSPS) is 10.4. The summed E-state index contributed by atoms with van der Waals surface area (Å²) >= 11 is 1.29. The quantitative estimate of drug-likeness (QED) is 0.765. The van der Waals surface area contributed by atoms with Gasteiger partial charge in [0.25, 0.3) is 5.91 Å². The van der Waals surface area contributed by atoms with Crippen molar-refractivity contribution in [3.05, 3.63) is 40.4 Å². The molecule has 7 heteroatoms. The van der Waals surface area contributed by atoms with Crippen LogP contribution in [0.5, 0.6) is 5.75 Å². The van der Waals surface area contributed by atoms with E-state index < -0.39 is 5.97 Å². The zero-order valence-electron chi connectivity index (χ0n) is 13.7. The summed E-state index contributed by atoms with van der Waals surface area (Å²) in [4.78, 5) is 27.7. The fraction of sp³-hybridized carbons (Fsp3) is 0.353. The van der Waals surface area contributed by atoms with Crippen LogP contribution in [0.1, 0.15) is 29.5 Å². The Morgan fingerprint density at radius 3 is 2.62 bits per heavy atom. The van der Waals surface area contributed by atoms with E-state index in [1.165, 1.54) is 16.9 Å². The highest BCUT2D eigenvalue weighted by Gasteiger charge is 2.12. The highest BCUT2D eigenvalue weighted by molar-refractivity contribution is 7.15. The number of amides is 1. The maximum absolute atomic E-state index is 11.9. The monoisotopic (exact) mass is 348 g/mol. The van der Waals surface area contributed by atoms with E-state index >= 15 is 0 Å². The number of rotatable bonds is 8. The van der Waals surface area contributed by atoms with Crippen LogP contribution in [-0.2, 0) is 22.4 Å². The number of hydrogen-bond acceptors (Lipinski definition) is 5. The van der Waals surface area contributed by atoms with Gasteiger partial charge in [-0.05, 0) is 37.5 Å². The molecule has 0 spiro atoms. The summed E-state index contributed by atoms with van der Waals surface area (Å²) in [5.41, 5.74) is 1.95. The molecule has 6 nitrogen and oxygen atoms in total. The molecule has 0 radical (unpaired) electrons. The van der Waals surface area contributed by atoms with Crippen molar-refractivity contribution >= 4 is 28.3 Å². The molecule has 0 saturated heterocycles. The summed E-state index contributed by atoms with van der Waals surface area (Å²) in [7, 11) is 0. The fourth-order valence-corrected chi connectivity index (χ4v) is 3.04. The van der Waals surface area contributed by atoms with Crippen LogP contribution in [0, 0.1) is 6.92 Å². The number of aryl methyl sites for hydroxylation is 3. The Hall–Kier alpha value is -2.41. The predicted molar refractivity (Wildman–Crippen MR) is 92.8 cm³/mol. The van der Waals surface area contributed by atoms with Crippen LogP contribution in [0.2, 0.25) is 0 Å². The van der Waals surface area contributed by atoms with Crippen LogP contribution < -0.4 is 10.1 Å². The second-order valence-electron chi connectivity index (χ2n) is 5.26. The zero-order chi connectivity index (χ0) is 17.5. The minimum atomic E-state index is -0.851. The van der Waals surface area contributed by atoms with Gasteiger partial charge in [-0.3, -0.25) is 14.9 Å². The molecule has 0 atom stereocenters. The zero-order valence-corrected chi connectivity index (χ0v) is 14.5.